The Morgan fingerprint density at radius 1 is 1.00 bits per heavy atom. The molecule has 0 bridgehead atoms. The average Bonchev–Trinajstić information content (AvgIpc) is 3.21. The number of carbonyl (C=O) groups excluding carboxylic acids is 2. The van der Waals surface area contributed by atoms with E-state index in [1.54, 1.807) is 54.9 Å². The number of hydrogen-bond acceptors (Lipinski definition) is 7. The van der Waals surface area contributed by atoms with Crippen LogP contribution in [0.5, 0.6) is 5.75 Å². The van der Waals surface area contributed by atoms with Crippen LogP contribution >= 0.6 is 0 Å². The molecule has 0 saturated carbocycles. The van der Waals surface area contributed by atoms with Crippen molar-refractivity contribution in [3.8, 4) is 5.75 Å². The summed E-state index contributed by atoms with van der Waals surface area (Å²) in [7, 11) is 0. The van der Waals surface area contributed by atoms with Crippen molar-refractivity contribution in [1.82, 2.24) is 9.88 Å². The normalized spacial score (nSPS) is 16.2. The lowest BCUT2D eigenvalue weighted by Gasteiger charge is -2.25. The SMILES string of the molecule is Cc1cccc(COc2ccc(C(O)=C3C(=O)C(=O)N(Cc4cccnc4)[C@H]3c3cccc([N+](=O)[O-])c3)cc2)c1. The fourth-order valence-electron chi connectivity index (χ4n) is 4.72. The maximum atomic E-state index is 13.3. The molecule has 0 aliphatic carbocycles. The van der Waals surface area contributed by atoms with Gasteiger partial charge in [0.05, 0.1) is 16.5 Å². The van der Waals surface area contributed by atoms with Gasteiger partial charge in [-0.2, -0.15) is 0 Å². The van der Waals surface area contributed by atoms with E-state index in [-0.39, 0.29) is 23.6 Å². The number of nitrogens with zero attached hydrogens (tertiary/aromatic N) is 3. The minimum Gasteiger partial charge on any atom is -0.507 e. The maximum Gasteiger partial charge on any atom is 0.295 e. The summed E-state index contributed by atoms with van der Waals surface area (Å²) in [5.74, 6) is -1.52. The van der Waals surface area contributed by atoms with Crippen molar-refractivity contribution in [3.05, 3.63) is 141 Å². The molecule has 1 atom stereocenters. The number of aliphatic hydroxyl groups excluding tert-OH is 1. The van der Waals surface area contributed by atoms with Crippen molar-refractivity contribution in [2.45, 2.75) is 26.1 Å². The Morgan fingerprint density at radius 3 is 2.45 bits per heavy atom. The molecule has 0 radical (unpaired) electrons. The summed E-state index contributed by atoms with van der Waals surface area (Å²) in [6, 6.07) is 22.6. The fraction of sp³-hybridized carbons (Fsp3) is 0.129. The molecule has 1 aromatic heterocycles. The van der Waals surface area contributed by atoms with Gasteiger partial charge in [0.15, 0.2) is 0 Å². The first-order valence-corrected chi connectivity index (χ1v) is 12.5. The number of ether oxygens (including phenoxy) is 1. The Kier molecular flexibility index (Phi) is 7.37. The van der Waals surface area contributed by atoms with Crippen LogP contribution in [-0.2, 0) is 22.7 Å². The zero-order chi connectivity index (χ0) is 28.2. The number of non-ortho nitro benzene ring substituents is 1. The zero-order valence-electron chi connectivity index (χ0n) is 21.6. The highest BCUT2D eigenvalue weighted by atomic mass is 16.6. The molecule has 1 amide bonds. The predicted octanol–water partition coefficient (Wildman–Crippen LogP) is 5.50. The molecule has 3 aromatic carbocycles. The molecular weight excluding hydrogens is 510 g/mol. The summed E-state index contributed by atoms with van der Waals surface area (Å²) >= 11 is 0. The van der Waals surface area contributed by atoms with Crippen LogP contribution < -0.4 is 4.74 Å². The van der Waals surface area contributed by atoms with Crippen LogP contribution in [0.3, 0.4) is 0 Å². The molecule has 1 aliphatic rings. The Balaban J connectivity index is 1.50. The van der Waals surface area contributed by atoms with Gasteiger partial charge in [0.1, 0.15) is 18.1 Å². The third kappa shape index (κ3) is 5.44. The van der Waals surface area contributed by atoms with Gasteiger partial charge in [-0.15, -0.1) is 0 Å². The molecule has 1 N–H and O–H groups in total. The van der Waals surface area contributed by atoms with Crippen LogP contribution in [-0.4, -0.2) is 31.6 Å². The number of nitro benzene ring substituents is 1. The Hall–Kier alpha value is -5.31. The van der Waals surface area contributed by atoms with Gasteiger partial charge in [0, 0.05) is 36.6 Å². The number of benzene rings is 3. The molecular formula is C31H25N3O6. The number of pyridine rings is 1. The number of hydrogen-bond donors (Lipinski definition) is 1. The summed E-state index contributed by atoms with van der Waals surface area (Å²) in [6.07, 6.45) is 3.16. The number of aromatic nitrogens is 1. The predicted molar refractivity (Wildman–Crippen MR) is 147 cm³/mol. The minimum atomic E-state index is -1.04. The number of Topliss-reactive ketones (excluding diaryl/α,β-unsaturated/α-hetero) is 1. The second kappa shape index (κ2) is 11.2. The number of ketones is 1. The lowest BCUT2D eigenvalue weighted by molar-refractivity contribution is -0.384. The van der Waals surface area contributed by atoms with E-state index in [0.717, 1.165) is 11.1 Å². The molecule has 0 spiro atoms. The Morgan fingerprint density at radius 2 is 1.75 bits per heavy atom. The molecule has 5 rings (SSSR count). The highest BCUT2D eigenvalue weighted by Crippen LogP contribution is 2.41. The summed E-state index contributed by atoms with van der Waals surface area (Å²) in [6.45, 7) is 2.38. The van der Waals surface area contributed by atoms with Gasteiger partial charge < -0.3 is 14.7 Å². The van der Waals surface area contributed by atoms with Crippen molar-refractivity contribution in [3.63, 3.8) is 0 Å². The van der Waals surface area contributed by atoms with Crippen LogP contribution in [0.4, 0.5) is 5.69 Å². The van der Waals surface area contributed by atoms with E-state index >= 15 is 0 Å². The highest BCUT2D eigenvalue weighted by Gasteiger charge is 2.46. The monoisotopic (exact) mass is 535 g/mol. The van der Waals surface area contributed by atoms with Crippen LogP contribution in [0.15, 0.2) is 103 Å². The van der Waals surface area contributed by atoms with E-state index in [2.05, 4.69) is 4.98 Å². The number of aliphatic hydroxyl groups is 1. The standard InChI is InChI=1S/C31H25N3O6/c1-20-5-2-6-21(15-20)19-40-26-12-10-23(11-13-26)29(35)27-28(24-8-3-9-25(16-24)34(38)39)33(31(37)30(27)36)18-22-7-4-14-32-17-22/h2-17,28,35H,18-19H2,1H3/t28-/m0/s1. The van der Waals surface area contributed by atoms with E-state index in [4.69, 9.17) is 4.74 Å². The number of likely N-dealkylation sites (tertiary alicyclic amines) is 1. The molecule has 9 heteroatoms. The average molecular weight is 536 g/mol. The van der Waals surface area contributed by atoms with Crippen LogP contribution in [0.2, 0.25) is 0 Å². The molecule has 40 heavy (non-hydrogen) atoms. The summed E-state index contributed by atoms with van der Waals surface area (Å²) in [5.41, 5.74) is 3.09. The highest BCUT2D eigenvalue weighted by molar-refractivity contribution is 6.46. The van der Waals surface area contributed by atoms with Crippen molar-refractivity contribution in [1.29, 1.82) is 0 Å². The van der Waals surface area contributed by atoms with Gasteiger partial charge in [0.2, 0.25) is 0 Å². The van der Waals surface area contributed by atoms with Crippen molar-refractivity contribution in [2.75, 3.05) is 0 Å². The molecule has 0 unspecified atom stereocenters. The second-order valence-corrected chi connectivity index (χ2v) is 9.44. The number of nitro groups is 1. The van der Waals surface area contributed by atoms with E-state index in [0.29, 0.717) is 29.0 Å². The lowest BCUT2D eigenvalue weighted by Crippen LogP contribution is -2.29. The van der Waals surface area contributed by atoms with Gasteiger partial charge >= 0.3 is 0 Å². The Bertz CT molecular complexity index is 1620. The number of rotatable bonds is 8. The van der Waals surface area contributed by atoms with E-state index in [1.165, 1.54) is 23.1 Å². The minimum absolute atomic E-state index is 0.0221. The second-order valence-electron chi connectivity index (χ2n) is 9.44. The fourth-order valence-corrected chi connectivity index (χ4v) is 4.72. The molecule has 200 valence electrons. The summed E-state index contributed by atoms with van der Waals surface area (Å²) in [4.78, 5) is 42.8. The first kappa shape index (κ1) is 26.3. The van der Waals surface area contributed by atoms with E-state index < -0.39 is 22.7 Å². The Labute approximate surface area is 230 Å². The molecule has 1 saturated heterocycles. The zero-order valence-corrected chi connectivity index (χ0v) is 21.6. The molecule has 1 aliphatic heterocycles. The largest absolute Gasteiger partial charge is 0.507 e. The lowest BCUT2D eigenvalue weighted by atomic mass is 9.95. The van der Waals surface area contributed by atoms with Gasteiger partial charge in [-0.1, -0.05) is 48.0 Å². The topological polar surface area (TPSA) is 123 Å². The van der Waals surface area contributed by atoms with E-state index in [9.17, 15) is 24.8 Å². The third-order valence-electron chi connectivity index (χ3n) is 6.63. The van der Waals surface area contributed by atoms with Gasteiger partial charge in [-0.25, -0.2) is 0 Å². The quantitative estimate of drug-likeness (QED) is 0.104. The number of carbonyl (C=O) groups is 2. The molecule has 9 nitrogen and oxygen atoms in total. The third-order valence-corrected chi connectivity index (χ3v) is 6.63. The van der Waals surface area contributed by atoms with Crippen LogP contribution in [0, 0.1) is 17.0 Å². The maximum absolute atomic E-state index is 13.3. The van der Waals surface area contributed by atoms with Crippen LogP contribution in [0.1, 0.15) is 33.9 Å². The first-order valence-electron chi connectivity index (χ1n) is 12.5. The first-order chi connectivity index (χ1) is 19.3. The van der Waals surface area contributed by atoms with Gasteiger partial charge in [-0.05, 0) is 53.9 Å². The summed E-state index contributed by atoms with van der Waals surface area (Å²) in [5, 5.41) is 22.8. The molecule has 2 heterocycles. The van der Waals surface area contributed by atoms with Gasteiger partial charge in [0.25, 0.3) is 17.4 Å². The smallest absolute Gasteiger partial charge is 0.295 e. The van der Waals surface area contributed by atoms with E-state index in [1.807, 2.05) is 31.2 Å². The van der Waals surface area contributed by atoms with Crippen LogP contribution in [0.25, 0.3) is 5.76 Å². The van der Waals surface area contributed by atoms with Crippen molar-refractivity contribution in [2.24, 2.45) is 0 Å². The van der Waals surface area contributed by atoms with Gasteiger partial charge in [-0.3, -0.25) is 24.7 Å². The van der Waals surface area contributed by atoms with Crippen molar-refractivity contribution < 1.29 is 24.4 Å². The number of amides is 1. The summed E-state index contributed by atoms with van der Waals surface area (Å²) < 4.78 is 5.86. The number of aryl methyl sites for hydroxylation is 1. The molecule has 1 fully saturated rings. The van der Waals surface area contributed by atoms with Crippen molar-refractivity contribution >= 4 is 23.1 Å². The molecule has 4 aromatic rings.